The van der Waals surface area contributed by atoms with E-state index >= 15 is 0 Å². The molecule has 1 aliphatic heterocycles. The number of hydrogen-bond acceptors (Lipinski definition) is 2. The van der Waals surface area contributed by atoms with Gasteiger partial charge in [0.1, 0.15) is 0 Å². The predicted octanol–water partition coefficient (Wildman–Crippen LogP) is 2.34. The van der Waals surface area contributed by atoms with Gasteiger partial charge in [0.2, 0.25) is 0 Å². The van der Waals surface area contributed by atoms with Gasteiger partial charge in [-0.1, -0.05) is 6.92 Å². The minimum atomic E-state index is 0. The minimum absolute atomic E-state index is 0. The van der Waals surface area contributed by atoms with Crippen LogP contribution in [-0.2, 0) is 4.74 Å². The first kappa shape index (κ1) is 17.0. The Morgan fingerprint density at radius 2 is 2.21 bits per heavy atom. The SMILES string of the molecule is CCNC(=NCC1(C)CC1)N(C)CC1CCOC1.I. The molecule has 5 heteroatoms. The Morgan fingerprint density at radius 3 is 2.74 bits per heavy atom. The van der Waals surface area contributed by atoms with Crippen LogP contribution in [0.5, 0.6) is 0 Å². The van der Waals surface area contributed by atoms with Gasteiger partial charge in [-0.05, 0) is 31.6 Å². The van der Waals surface area contributed by atoms with Crippen molar-refractivity contribution < 1.29 is 4.74 Å². The Morgan fingerprint density at radius 1 is 1.47 bits per heavy atom. The van der Waals surface area contributed by atoms with Crippen molar-refractivity contribution in [3.05, 3.63) is 0 Å². The summed E-state index contributed by atoms with van der Waals surface area (Å²) in [5.41, 5.74) is 0.484. The molecule has 0 spiro atoms. The molecule has 1 saturated heterocycles. The van der Waals surface area contributed by atoms with Crippen LogP contribution in [0.3, 0.4) is 0 Å². The quantitative estimate of drug-likeness (QED) is 0.451. The number of ether oxygens (including phenoxy) is 1. The monoisotopic (exact) mass is 381 g/mol. The number of rotatable bonds is 5. The maximum Gasteiger partial charge on any atom is 0.193 e. The highest BCUT2D eigenvalue weighted by molar-refractivity contribution is 14.0. The summed E-state index contributed by atoms with van der Waals surface area (Å²) in [6.45, 7) is 9.21. The zero-order valence-electron chi connectivity index (χ0n) is 12.4. The molecule has 0 aromatic heterocycles. The summed E-state index contributed by atoms with van der Waals surface area (Å²) in [5, 5.41) is 3.39. The van der Waals surface area contributed by atoms with E-state index in [-0.39, 0.29) is 24.0 Å². The van der Waals surface area contributed by atoms with Gasteiger partial charge in [-0.15, -0.1) is 24.0 Å². The summed E-state index contributed by atoms with van der Waals surface area (Å²) in [6.07, 6.45) is 3.84. The van der Waals surface area contributed by atoms with Crippen LogP contribution in [0.15, 0.2) is 4.99 Å². The van der Waals surface area contributed by atoms with Crippen LogP contribution >= 0.6 is 24.0 Å². The van der Waals surface area contributed by atoms with Crippen LogP contribution in [-0.4, -0.2) is 50.8 Å². The Kier molecular flexibility index (Phi) is 6.86. The molecule has 1 aliphatic carbocycles. The van der Waals surface area contributed by atoms with Gasteiger partial charge in [0, 0.05) is 39.2 Å². The molecule has 2 aliphatic rings. The molecule has 1 heterocycles. The zero-order chi connectivity index (χ0) is 13.0. The van der Waals surface area contributed by atoms with E-state index in [0.717, 1.165) is 38.8 Å². The highest BCUT2D eigenvalue weighted by atomic mass is 127. The number of nitrogens with one attached hydrogen (secondary N) is 1. The fourth-order valence-corrected chi connectivity index (χ4v) is 2.31. The summed E-state index contributed by atoms with van der Waals surface area (Å²) in [7, 11) is 2.13. The van der Waals surface area contributed by atoms with Crippen molar-refractivity contribution in [2.24, 2.45) is 16.3 Å². The fourth-order valence-electron chi connectivity index (χ4n) is 2.31. The lowest BCUT2D eigenvalue weighted by Crippen LogP contribution is -2.41. The fraction of sp³-hybridized carbons (Fsp3) is 0.929. The molecular weight excluding hydrogens is 353 g/mol. The lowest BCUT2D eigenvalue weighted by Gasteiger charge is -2.25. The van der Waals surface area contributed by atoms with Crippen LogP contribution < -0.4 is 5.32 Å². The van der Waals surface area contributed by atoms with Gasteiger partial charge in [0.25, 0.3) is 0 Å². The average Bonchev–Trinajstić information content (AvgIpc) is 2.87. The third kappa shape index (κ3) is 5.45. The van der Waals surface area contributed by atoms with E-state index in [0.29, 0.717) is 11.3 Å². The number of nitrogens with zero attached hydrogens (tertiary/aromatic N) is 2. The molecule has 1 saturated carbocycles. The van der Waals surface area contributed by atoms with E-state index in [9.17, 15) is 0 Å². The molecule has 2 rings (SSSR count). The van der Waals surface area contributed by atoms with Crippen molar-refractivity contribution in [3.8, 4) is 0 Å². The Balaban J connectivity index is 0.00000180. The molecular formula is C14H28IN3O. The molecule has 0 aromatic rings. The summed E-state index contributed by atoms with van der Waals surface area (Å²) in [6, 6.07) is 0. The third-order valence-electron chi connectivity index (χ3n) is 3.97. The van der Waals surface area contributed by atoms with Crippen molar-refractivity contribution >= 4 is 29.9 Å². The van der Waals surface area contributed by atoms with Crippen LogP contribution in [0.1, 0.15) is 33.1 Å². The van der Waals surface area contributed by atoms with Crippen LogP contribution in [0, 0.1) is 11.3 Å². The summed E-state index contributed by atoms with van der Waals surface area (Å²) in [4.78, 5) is 7.04. The molecule has 4 nitrogen and oxygen atoms in total. The summed E-state index contributed by atoms with van der Waals surface area (Å²) in [5.74, 6) is 1.72. The largest absolute Gasteiger partial charge is 0.381 e. The number of hydrogen-bond donors (Lipinski definition) is 1. The molecule has 19 heavy (non-hydrogen) atoms. The van der Waals surface area contributed by atoms with E-state index < -0.39 is 0 Å². The highest BCUT2D eigenvalue weighted by Gasteiger charge is 2.37. The van der Waals surface area contributed by atoms with E-state index in [2.05, 4.69) is 31.1 Å². The van der Waals surface area contributed by atoms with Gasteiger partial charge in [0.15, 0.2) is 5.96 Å². The minimum Gasteiger partial charge on any atom is -0.381 e. The Labute approximate surface area is 134 Å². The van der Waals surface area contributed by atoms with Crippen molar-refractivity contribution in [1.29, 1.82) is 0 Å². The van der Waals surface area contributed by atoms with Gasteiger partial charge in [-0.3, -0.25) is 4.99 Å². The Bertz CT molecular complexity index is 299. The standard InChI is InChI=1S/C14H27N3O.HI/c1-4-15-13(16-11-14(2)6-7-14)17(3)9-12-5-8-18-10-12;/h12H,4-11H2,1-3H3,(H,15,16);1H. The van der Waals surface area contributed by atoms with Crippen LogP contribution in [0.25, 0.3) is 0 Å². The molecule has 0 aromatic carbocycles. The maximum absolute atomic E-state index is 5.43. The normalized spacial score (nSPS) is 24.8. The van der Waals surface area contributed by atoms with Crippen molar-refractivity contribution in [2.45, 2.75) is 33.1 Å². The number of aliphatic imine (C=N–C) groups is 1. The smallest absolute Gasteiger partial charge is 0.193 e. The third-order valence-corrected chi connectivity index (χ3v) is 3.97. The molecule has 1 N–H and O–H groups in total. The topological polar surface area (TPSA) is 36.9 Å². The highest BCUT2D eigenvalue weighted by Crippen LogP contribution is 2.45. The van der Waals surface area contributed by atoms with E-state index in [1.165, 1.54) is 19.3 Å². The molecule has 112 valence electrons. The first-order valence-electron chi connectivity index (χ1n) is 7.20. The van der Waals surface area contributed by atoms with Gasteiger partial charge >= 0.3 is 0 Å². The zero-order valence-corrected chi connectivity index (χ0v) is 14.8. The predicted molar refractivity (Wildman–Crippen MR) is 90.3 cm³/mol. The van der Waals surface area contributed by atoms with Crippen LogP contribution in [0.2, 0.25) is 0 Å². The number of guanidine groups is 1. The molecule has 0 amide bonds. The molecule has 2 fully saturated rings. The molecule has 1 unspecified atom stereocenters. The van der Waals surface area contributed by atoms with Gasteiger partial charge in [0.05, 0.1) is 6.61 Å². The lowest BCUT2D eigenvalue weighted by molar-refractivity contribution is 0.181. The van der Waals surface area contributed by atoms with Crippen molar-refractivity contribution in [3.63, 3.8) is 0 Å². The van der Waals surface area contributed by atoms with Gasteiger partial charge < -0.3 is 15.0 Å². The molecule has 1 atom stereocenters. The van der Waals surface area contributed by atoms with Gasteiger partial charge in [-0.2, -0.15) is 0 Å². The molecule has 0 bridgehead atoms. The second-order valence-corrected chi connectivity index (χ2v) is 6.09. The maximum atomic E-state index is 5.43. The van der Waals surface area contributed by atoms with Crippen LogP contribution in [0.4, 0.5) is 0 Å². The summed E-state index contributed by atoms with van der Waals surface area (Å²) < 4.78 is 5.43. The first-order chi connectivity index (χ1) is 8.63. The van der Waals surface area contributed by atoms with Crippen molar-refractivity contribution in [1.82, 2.24) is 10.2 Å². The van der Waals surface area contributed by atoms with Crippen molar-refractivity contribution in [2.75, 3.05) is 39.9 Å². The Hall–Kier alpha value is -0.0400. The molecule has 0 radical (unpaired) electrons. The number of halogens is 1. The first-order valence-corrected chi connectivity index (χ1v) is 7.20. The average molecular weight is 381 g/mol. The second kappa shape index (κ2) is 7.67. The van der Waals surface area contributed by atoms with E-state index in [4.69, 9.17) is 9.73 Å². The van der Waals surface area contributed by atoms with E-state index in [1.54, 1.807) is 0 Å². The van der Waals surface area contributed by atoms with E-state index in [1.807, 2.05) is 0 Å². The summed E-state index contributed by atoms with van der Waals surface area (Å²) >= 11 is 0. The second-order valence-electron chi connectivity index (χ2n) is 6.09. The lowest BCUT2D eigenvalue weighted by atomic mass is 10.1. The van der Waals surface area contributed by atoms with Gasteiger partial charge in [-0.25, -0.2) is 0 Å².